The lowest BCUT2D eigenvalue weighted by Gasteiger charge is -2.15. The second-order valence-corrected chi connectivity index (χ2v) is 3.93. The van der Waals surface area contributed by atoms with Gasteiger partial charge in [0.15, 0.2) is 0 Å². The smallest absolute Gasteiger partial charge is 0.249 e. The van der Waals surface area contributed by atoms with Crippen LogP contribution >= 0.6 is 0 Å². The fraction of sp³-hybridized carbons (Fsp3) is 0.333. The first-order valence-electron chi connectivity index (χ1n) is 5.46. The van der Waals surface area contributed by atoms with E-state index in [9.17, 15) is 9.59 Å². The standard InChI is InChI=1S/C12H17N3O2/c1-2-3-10(13)9-6-7(11(14)16)4-5-8(9)12(15)17/h4-6,10H,2-3,13H2,1H3,(H2,14,16)(H2,15,17). The van der Waals surface area contributed by atoms with E-state index in [0.717, 1.165) is 6.42 Å². The Morgan fingerprint density at radius 2 is 1.88 bits per heavy atom. The normalized spacial score (nSPS) is 12.1. The minimum atomic E-state index is -0.553. The van der Waals surface area contributed by atoms with E-state index in [4.69, 9.17) is 17.2 Å². The lowest BCUT2D eigenvalue weighted by atomic mass is 9.95. The summed E-state index contributed by atoms with van der Waals surface area (Å²) in [6.45, 7) is 1.99. The van der Waals surface area contributed by atoms with Gasteiger partial charge in [-0.2, -0.15) is 0 Å². The molecule has 0 spiro atoms. The molecule has 2 amide bonds. The first-order chi connectivity index (χ1) is 7.97. The molecule has 17 heavy (non-hydrogen) atoms. The van der Waals surface area contributed by atoms with Crippen LogP contribution in [0.5, 0.6) is 0 Å². The third kappa shape index (κ3) is 3.04. The molecule has 1 atom stereocenters. The van der Waals surface area contributed by atoms with Crippen molar-refractivity contribution in [3.05, 3.63) is 34.9 Å². The van der Waals surface area contributed by atoms with Gasteiger partial charge >= 0.3 is 0 Å². The number of amides is 2. The molecular formula is C12H17N3O2. The number of hydrogen-bond acceptors (Lipinski definition) is 3. The summed E-state index contributed by atoms with van der Waals surface area (Å²) in [6.07, 6.45) is 1.59. The van der Waals surface area contributed by atoms with Crippen molar-refractivity contribution in [1.82, 2.24) is 0 Å². The Morgan fingerprint density at radius 1 is 1.24 bits per heavy atom. The first kappa shape index (κ1) is 13.2. The molecule has 92 valence electrons. The van der Waals surface area contributed by atoms with E-state index in [0.29, 0.717) is 23.1 Å². The molecule has 0 heterocycles. The van der Waals surface area contributed by atoms with E-state index < -0.39 is 11.8 Å². The fourth-order valence-corrected chi connectivity index (χ4v) is 1.71. The van der Waals surface area contributed by atoms with Crippen molar-refractivity contribution in [3.8, 4) is 0 Å². The van der Waals surface area contributed by atoms with Crippen LogP contribution in [-0.2, 0) is 0 Å². The van der Waals surface area contributed by atoms with Gasteiger partial charge in [0, 0.05) is 17.2 Å². The summed E-state index contributed by atoms with van der Waals surface area (Å²) in [5, 5.41) is 0. The van der Waals surface area contributed by atoms with Gasteiger partial charge in [0.05, 0.1) is 0 Å². The molecule has 0 aliphatic rings. The first-order valence-corrected chi connectivity index (χ1v) is 5.46. The predicted molar refractivity (Wildman–Crippen MR) is 65.3 cm³/mol. The molecule has 0 saturated heterocycles. The van der Waals surface area contributed by atoms with Crippen LogP contribution in [0.2, 0.25) is 0 Å². The second kappa shape index (κ2) is 5.45. The summed E-state index contributed by atoms with van der Waals surface area (Å²) >= 11 is 0. The highest BCUT2D eigenvalue weighted by atomic mass is 16.1. The minimum absolute atomic E-state index is 0.318. The van der Waals surface area contributed by atoms with Crippen molar-refractivity contribution in [2.45, 2.75) is 25.8 Å². The third-order valence-electron chi connectivity index (χ3n) is 2.60. The topological polar surface area (TPSA) is 112 Å². The van der Waals surface area contributed by atoms with Crippen LogP contribution in [0.1, 0.15) is 52.1 Å². The number of carbonyl (C=O) groups is 2. The maximum absolute atomic E-state index is 11.3. The van der Waals surface area contributed by atoms with Crippen molar-refractivity contribution in [2.75, 3.05) is 0 Å². The largest absolute Gasteiger partial charge is 0.366 e. The van der Waals surface area contributed by atoms with Crippen LogP contribution < -0.4 is 17.2 Å². The Bertz CT molecular complexity index is 443. The number of rotatable bonds is 5. The minimum Gasteiger partial charge on any atom is -0.366 e. The molecule has 6 N–H and O–H groups in total. The number of primary amides is 2. The van der Waals surface area contributed by atoms with Crippen LogP contribution in [0.15, 0.2) is 18.2 Å². The average Bonchev–Trinajstić information content (AvgIpc) is 2.28. The molecule has 0 bridgehead atoms. The zero-order valence-electron chi connectivity index (χ0n) is 9.77. The molecule has 0 radical (unpaired) electrons. The molecule has 0 aliphatic carbocycles. The van der Waals surface area contributed by atoms with Crippen LogP contribution in [0.25, 0.3) is 0 Å². The monoisotopic (exact) mass is 235 g/mol. The Labute approximate surface area is 100.0 Å². The Kier molecular flexibility index (Phi) is 4.23. The third-order valence-corrected chi connectivity index (χ3v) is 2.60. The van der Waals surface area contributed by atoms with Gasteiger partial charge in [-0.15, -0.1) is 0 Å². The molecule has 5 heteroatoms. The van der Waals surface area contributed by atoms with Gasteiger partial charge in [-0.05, 0) is 30.2 Å². The van der Waals surface area contributed by atoms with Gasteiger partial charge in [0.1, 0.15) is 0 Å². The maximum Gasteiger partial charge on any atom is 0.249 e. The molecule has 1 aromatic carbocycles. The summed E-state index contributed by atoms with van der Waals surface area (Å²) in [7, 11) is 0. The van der Waals surface area contributed by atoms with Gasteiger partial charge in [0.25, 0.3) is 0 Å². The van der Waals surface area contributed by atoms with Gasteiger partial charge < -0.3 is 17.2 Å². The Balaban J connectivity index is 3.24. The molecule has 1 rings (SSSR count). The number of benzene rings is 1. The molecule has 0 fully saturated rings. The van der Waals surface area contributed by atoms with E-state index in [2.05, 4.69) is 0 Å². The Hall–Kier alpha value is -1.88. The second-order valence-electron chi connectivity index (χ2n) is 3.93. The zero-order valence-corrected chi connectivity index (χ0v) is 9.77. The Morgan fingerprint density at radius 3 is 2.35 bits per heavy atom. The van der Waals surface area contributed by atoms with E-state index in [-0.39, 0.29) is 6.04 Å². The van der Waals surface area contributed by atoms with Gasteiger partial charge in [-0.3, -0.25) is 9.59 Å². The van der Waals surface area contributed by atoms with Crippen molar-refractivity contribution in [1.29, 1.82) is 0 Å². The SMILES string of the molecule is CCCC(N)c1cc(C(N)=O)ccc1C(N)=O. The quantitative estimate of drug-likeness (QED) is 0.697. The van der Waals surface area contributed by atoms with Crippen molar-refractivity contribution >= 4 is 11.8 Å². The summed E-state index contributed by atoms with van der Waals surface area (Å²) < 4.78 is 0. The molecule has 0 aromatic heterocycles. The molecule has 1 unspecified atom stereocenters. The molecule has 5 nitrogen and oxygen atoms in total. The number of hydrogen-bond donors (Lipinski definition) is 3. The fourth-order valence-electron chi connectivity index (χ4n) is 1.71. The van der Waals surface area contributed by atoms with Crippen molar-refractivity contribution in [3.63, 3.8) is 0 Å². The van der Waals surface area contributed by atoms with Crippen LogP contribution in [0, 0.1) is 0 Å². The predicted octanol–water partition coefficient (Wildman–Crippen LogP) is 0.684. The summed E-state index contributed by atoms with van der Waals surface area (Å²) in [5.41, 5.74) is 17.7. The van der Waals surface area contributed by atoms with E-state index in [1.165, 1.54) is 12.1 Å². The molecule has 1 aromatic rings. The highest BCUT2D eigenvalue weighted by Crippen LogP contribution is 2.21. The van der Waals surface area contributed by atoms with E-state index in [1.807, 2.05) is 6.92 Å². The van der Waals surface area contributed by atoms with Gasteiger partial charge in [-0.25, -0.2) is 0 Å². The number of carbonyl (C=O) groups excluding carboxylic acids is 2. The lowest BCUT2D eigenvalue weighted by Crippen LogP contribution is -2.21. The van der Waals surface area contributed by atoms with Crippen molar-refractivity contribution < 1.29 is 9.59 Å². The van der Waals surface area contributed by atoms with Gasteiger partial charge in [0.2, 0.25) is 11.8 Å². The maximum atomic E-state index is 11.3. The summed E-state index contributed by atoms with van der Waals surface area (Å²) in [4.78, 5) is 22.3. The van der Waals surface area contributed by atoms with Crippen molar-refractivity contribution in [2.24, 2.45) is 17.2 Å². The van der Waals surface area contributed by atoms with E-state index in [1.54, 1.807) is 6.07 Å². The molecular weight excluding hydrogens is 218 g/mol. The highest BCUT2D eigenvalue weighted by Gasteiger charge is 2.16. The molecule has 0 saturated carbocycles. The number of nitrogens with two attached hydrogens (primary N) is 3. The lowest BCUT2D eigenvalue weighted by molar-refractivity contribution is 0.0987. The van der Waals surface area contributed by atoms with Crippen LogP contribution in [0.4, 0.5) is 0 Å². The average molecular weight is 235 g/mol. The summed E-state index contributed by atoms with van der Waals surface area (Å²) in [6, 6.07) is 4.20. The van der Waals surface area contributed by atoms with Crippen LogP contribution in [0.3, 0.4) is 0 Å². The van der Waals surface area contributed by atoms with Gasteiger partial charge in [-0.1, -0.05) is 13.3 Å². The molecule has 0 aliphatic heterocycles. The highest BCUT2D eigenvalue weighted by molar-refractivity contribution is 5.98. The van der Waals surface area contributed by atoms with E-state index >= 15 is 0 Å². The summed E-state index contributed by atoms with van der Waals surface area (Å²) in [5.74, 6) is -1.10. The van der Waals surface area contributed by atoms with Crippen LogP contribution in [-0.4, -0.2) is 11.8 Å². The zero-order chi connectivity index (χ0) is 13.0.